The third-order valence-corrected chi connectivity index (χ3v) is 2.94. The molecule has 0 bridgehead atoms. The maximum absolute atomic E-state index is 12.2. The van der Waals surface area contributed by atoms with Crippen molar-refractivity contribution < 1.29 is 19.5 Å². The molecule has 0 aliphatic carbocycles. The zero-order valence-electron chi connectivity index (χ0n) is 11.7. The van der Waals surface area contributed by atoms with E-state index in [-0.39, 0.29) is 17.4 Å². The minimum atomic E-state index is -1.32. The Balaban J connectivity index is 2.96. The first kappa shape index (κ1) is 16.3. The number of carbonyl (C=O) groups is 3. The lowest BCUT2D eigenvalue weighted by molar-refractivity contribution is -0.119. The van der Waals surface area contributed by atoms with Crippen LogP contribution in [-0.2, 0) is 4.79 Å². The summed E-state index contributed by atoms with van der Waals surface area (Å²) in [6, 6.07) is -1.73. The number of nitrogens with two attached hydrogens (primary N) is 1. The first-order valence-electron chi connectivity index (χ1n) is 6.27. The average molecular weight is 295 g/mol. The molecule has 0 fully saturated rings. The van der Waals surface area contributed by atoms with Crippen LogP contribution >= 0.6 is 0 Å². The quantitative estimate of drug-likeness (QED) is 0.589. The molecule has 0 radical (unpaired) electrons. The minimum Gasteiger partial charge on any atom is -0.476 e. The van der Waals surface area contributed by atoms with Gasteiger partial charge in [0.2, 0.25) is 5.91 Å². The van der Waals surface area contributed by atoms with Crippen LogP contribution in [0.3, 0.4) is 0 Å². The monoisotopic (exact) mass is 295 g/mol. The number of urea groups is 1. The van der Waals surface area contributed by atoms with Gasteiger partial charge in [0.05, 0.1) is 0 Å². The predicted octanol–water partition coefficient (Wildman–Crippen LogP) is 0.196. The summed E-state index contributed by atoms with van der Waals surface area (Å²) in [7, 11) is 0. The molecule has 2 unspecified atom stereocenters. The normalized spacial score (nSPS) is 13.0. The molecule has 114 valence electrons. The van der Waals surface area contributed by atoms with Crippen LogP contribution in [0.2, 0.25) is 0 Å². The summed E-state index contributed by atoms with van der Waals surface area (Å²) >= 11 is 0. The van der Waals surface area contributed by atoms with Crippen molar-refractivity contribution in [2.45, 2.75) is 26.3 Å². The van der Waals surface area contributed by atoms with Gasteiger partial charge in [-0.05, 0) is 5.92 Å². The minimum absolute atomic E-state index is 0.186. The number of anilines is 1. The second-order valence-electron chi connectivity index (χ2n) is 4.42. The lowest BCUT2D eigenvalue weighted by atomic mass is 9.98. The number of hydrogen-bond acceptors (Lipinski definition) is 5. The fourth-order valence-corrected chi connectivity index (χ4v) is 1.64. The summed E-state index contributed by atoms with van der Waals surface area (Å²) in [5.74, 6) is -2.30. The van der Waals surface area contributed by atoms with Crippen molar-refractivity contribution in [1.29, 1.82) is 0 Å². The molecule has 9 heteroatoms. The van der Waals surface area contributed by atoms with E-state index in [1.807, 2.05) is 6.92 Å². The third-order valence-electron chi connectivity index (χ3n) is 2.94. The Hall–Kier alpha value is -2.71. The Kier molecular flexibility index (Phi) is 5.58. The van der Waals surface area contributed by atoms with Gasteiger partial charge in [-0.1, -0.05) is 20.3 Å². The van der Waals surface area contributed by atoms with Crippen LogP contribution in [0.15, 0.2) is 12.4 Å². The van der Waals surface area contributed by atoms with E-state index < -0.39 is 23.9 Å². The molecule has 9 nitrogen and oxygen atoms in total. The highest BCUT2D eigenvalue weighted by Gasteiger charge is 2.27. The molecule has 0 saturated carbocycles. The number of aromatic carboxylic acids is 1. The van der Waals surface area contributed by atoms with Crippen molar-refractivity contribution in [3.8, 4) is 0 Å². The van der Waals surface area contributed by atoms with Crippen LogP contribution in [0.5, 0.6) is 0 Å². The molecule has 3 amide bonds. The summed E-state index contributed by atoms with van der Waals surface area (Å²) in [5, 5.41) is 13.7. The SMILES string of the molecule is CCC(C)C(NC(N)=O)C(=O)Nc1nccnc1C(=O)O. The summed E-state index contributed by atoms with van der Waals surface area (Å²) in [6.07, 6.45) is 3.07. The average Bonchev–Trinajstić information content (AvgIpc) is 2.44. The lowest BCUT2D eigenvalue weighted by Crippen LogP contribution is -2.49. The van der Waals surface area contributed by atoms with Crippen LogP contribution < -0.4 is 16.4 Å². The van der Waals surface area contributed by atoms with Gasteiger partial charge in [0, 0.05) is 12.4 Å². The van der Waals surface area contributed by atoms with Crippen LogP contribution in [0.4, 0.5) is 10.6 Å². The Labute approximate surface area is 121 Å². The van der Waals surface area contributed by atoms with Gasteiger partial charge in [0.25, 0.3) is 0 Å². The van der Waals surface area contributed by atoms with Gasteiger partial charge in [-0.25, -0.2) is 19.6 Å². The number of carboxylic acid groups (broad SMARTS) is 1. The summed E-state index contributed by atoms with van der Waals surface area (Å²) < 4.78 is 0. The molecule has 21 heavy (non-hydrogen) atoms. The number of primary amides is 1. The highest BCUT2D eigenvalue weighted by molar-refractivity contribution is 6.00. The number of carboxylic acids is 1. The van der Waals surface area contributed by atoms with E-state index in [1.165, 1.54) is 12.4 Å². The topological polar surface area (TPSA) is 147 Å². The molecule has 2 atom stereocenters. The van der Waals surface area contributed by atoms with Gasteiger partial charge in [-0.2, -0.15) is 0 Å². The maximum Gasteiger partial charge on any atom is 0.358 e. The number of hydrogen-bond donors (Lipinski definition) is 4. The molecule has 0 spiro atoms. The Bertz CT molecular complexity index is 548. The van der Waals surface area contributed by atoms with E-state index in [2.05, 4.69) is 20.6 Å². The largest absolute Gasteiger partial charge is 0.476 e. The van der Waals surface area contributed by atoms with Gasteiger partial charge in [-0.15, -0.1) is 0 Å². The molecule has 1 heterocycles. The molecule has 1 rings (SSSR count). The number of carbonyl (C=O) groups excluding carboxylic acids is 2. The fraction of sp³-hybridized carbons (Fsp3) is 0.417. The molecule has 0 aliphatic heterocycles. The highest BCUT2D eigenvalue weighted by atomic mass is 16.4. The van der Waals surface area contributed by atoms with Gasteiger partial charge in [0.15, 0.2) is 11.5 Å². The van der Waals surface area contributed by atoms with Gasteiger partial charge < -0.3 is 21.5 Å². The predicted molar refractivity (Wildman–Crippen MR) is 73.6 cm³/mol. The molecule has 0 aliphatic rings. The molecule has 1 aromatic heterocycles. The van der Waals surface area contributed by atoms with E-state index in [0.717, 1.165) is 0 Å². The lowest BCUT2D eigenvalue weighted by Gasteiger charge is -2.22. The van der Waals surface area contributed by atoms with Gasteiger partial charge in [0.1, 0.15) is 6.04 Å². The molecule has 5 N–H and O–H groups in total. The van der Waals surface area contributed by atoms with Crippen molar-refractivity contribution in [3.63, 3.8) is 0 Å². The van der Waals surface area contributed by atoms with Crippen molar-refractivity contribution >= 4 is 23.7 Å². The summed E-state index contributed by atoms with van der Waals surface area (Å²) in [6.45, 7) is 3.60. The molecule has 1 aromatic rings. The standard InChI is InChI=1S/C12H17N5O4/c1-3-6(2)7(16-12(13)21)10(18)17-9-8(11(19)20)14-4-5-15-9/h4-7H,3H2,1-2H3,(H,19,20)(H3,13,16,21)(H,15,17,18). The van der Waals surface area contributed by atoms with Crippen molar-refractivity contribution in [2.24, 2.45) is 11.7 Å². The zero-order chi connectivity index (χ0) is 16.0. The van der Waals surface area contributed by atoms with Crippen LogP contribution in [-0.4, -0.2) is 39.0 Å². The van der Waals surface area contributed by atoms with E-state index >= 15 is 0 Å². The number of rotatable bonds is 6. The van der Waals surface area contributed by atoms with Crippen molar-refractivity contribution in [2.75, 3.05) is 5.32 Å². The second kappa shape index (κ2) is 7.17. The van der Waals surface area contributed by atoms with Crippen LogP contribution in [0, 0.1) is 5.92 Å². The van der Waals surface area contributed by atoms with Gasteiger partial charge >= 0.3 is 12.0 Å². The van der Waals surface area contributed by atoms with E-state index in [1.54, 1.807) is 6.92 Å². The van der Waals surface area contributed by atoms with E-state index in [0.29, 0.717) is 6.42 Å². The smallest absolute Gasteiger partial charge is 0.358 e. The fourth-order valence-electron chi connectivity index (χ4n) is 1.64. The Morgan fingerprint density at radius 3 is 2.48 bits per heavy atom. The zero-order valence-corrected chi connectivity index (χ0v) is 11.7. The Morgan fingerprint density at radius 1 is 1.33 bits per heavy atom. The van der Waals surface area contributed by atoms with E-state index in [9.17, 15) is 14.4 Å². The Morgan fingerprint density at radius 2 is 1.95 bits per heavy atom. The van der Waals surface area contributed by atoms with Crippen LogP contribution in [0.25, 0.3) is 0 Å². The maximum atomic E-state index is 12.2. The van der Waals surface area contributed by atoms with Crippen LogP contribution in [0.1, 0.15) is 30.8 Å². The molecule has 0 aromatic carbocycles. The first-order chi connectivity index (χ1) is 9.86. The summed E-state index contributed by atoms with van der Waals surface area (Å²) in [5.41, 5.74) is 4.66. The van der Waals surface area contributed by atoms with Crippen molar-refractivity contribution in [1.82, 2.24) is 15.3 Å². The number of nitrogens with zero attached hydrogens (tertiary/aromatic N) is 2. The molecular formula is C12H17N5O4. The summed E-state index contributed by atoms with van der Waals surface area (Å²) in [4.78, 5) is 41.5. The van der Waals surface area contributed by atoms with Gasteiger partial charge in [-0.3, -0.25) is 4.79 Å². The molecular weight excluding hydrogens is 278 g/mol. The number of amides is 3. The third kappa shape index (κ3) is 4.41. The second-order valence-corrected chi connectivity index (χ2v) is 4.42. The number of nitrogens with one attached hydrogen (secondary N) is 2. The highest BCUT2D eigenvalue weighted by Crippen LogP contribution is 2.13. The molecule has 0 saturated heterocycles. The first-order valence-corrected chi connectivity index (χ1v) is 6.27. The van der Waals surface area contributed by atoms with E-state index in [4.69, 9.17) is 10.8 Å². The van der Waals surface area contributed by atoms with Crippen molar-refractivity contribution in [3.05, 3.63) is 18.1 Å². The number of aromatic nitrogens is 2.